The molecule has 7 nitrogen and oxygen atoms in total. The van der Waals surface area contributed by atoms with Crippen LogP contribution in [0.25, 0.3) is 0 Å². The van der Waals surface area contributed by atoms with Crippen LogP contribution in [0, 0.1) is 0 Å². The van der Waals surface area contributed by atoms with Gasteiger partial charge in [0.25, 0.3) is 5.56 Å². The fourth-order valence-corrected chi connectivity index (χ4v) is 1.52. The molecule has 0 spiro atoms. The number of hydrogen-bond donors (Lipinski definition) is 4. The van der Waals surface area contributed by atoms with Crippen LogP contribution in [-0.4, -0.2) is 42.3 Å². The van der Waals surface area contributed by atoms with Crippen LogP contribution in [0.5, 0.6) is 0 Å². The first kappa shape index (κ1) is 10.9. The molecule has 2 heterocycles. The zero-order chi connectivity index (χ0) is 11.4. The lowest BCUT2D eigenvalue weighted by Gasteiger charge is -2.24. The standard InChI is InChI=1S/C9H15N5O2/c10-7-8(13-5-14-9(7)15)12-3-6-4-16-2-1-11-6/h5-6,11H,1-4,10H2,(H2,12,13,14,15). The number of hydrogen-bond acceptors (Lipinski definition) is 6. The van der Waals surface area contributed by atoms with Gasteiger partial charge in [0.2, 0.25) is 0 Å². The number of nitrogen functional groups attached to an aromatic ring is 1. The Hall–Kier alpha value is -1.60. The molecule has 5 N–H and O–H groups in total. The van der Waals surface area contributed by atoms with Crippen molar-refractivity contribution in [1.29, 1.82) is 0 Å². The normalized spacial score (nSPS) is 20.6. The first-order chi connectivity index (χ1) is 7.77. The Morgan fingerprint density at radius 1 is 1.69 bits per heavy atom. The van der Waals surface area contributed by atoms with Crippen molar-refractivity contribution in [3.8, 4) is 0 Å². The van der Waals surface area contributed by atoms with Crippen molar-refractivity contribution in [3.05, 3.63) is 16.7 Å². The Morgan fingerprint density at radius 3 is 3.31 bits per heavy atom. The van der Waals surface area contributed by atoms with Gasteiger partial charge in [0.05, 0.1) is 19.5 Å². The summed E-state index contributed by atoms with van der Waals surface area (Å²) in [6, 6.07) is 0.217. The van der Waals surface area contributed by atoms with Crippen molar-refractivity contribution in [2.45, 2.75) is 6.04 Å². The predicted octanol–water partition coefficient (Wildman–Crippen LogP) is -1.25. The average Bonchev–Trinajstić information content (AvgIpc) is 2.32. The van der Waals surface area contributed by atoms with E-state index in [1.807, 2.05) is 0 Å². The maximum atomic E-state index is 11.2. The number of aromatic nitrogens is 2. The van der Waals surface area contributed by atoms with Crippen molar-refractivity contribution >= 4 is 11.5 Å². The molecule has 1 saturated heterocycles. The highest BCUT2D eigenvalue weighted by Gasteiger charge is 2.13. The van der Waals surface area contributed by atoms with Crippen LogP contribution in [0.15, 0.2) is 11.1 Å². The zero-order valence-corrected chi connectivity index (χ0v) is 8.82. The molecular formula is C9H15N5O2. The van der Waals surface area contributed by atoms with Gasteiger partial charge in [-0.15, -0.1) is 0 Å². The first-order valence-electron chi connectivity index (χ1n) is 5.15. The molecule has 0 amide bonds. The lowest BCUT2D eigenvalue weighted by atomic mass is 10.3. The molecule has 2 rings (SSSR count). The molecule has 0 aromatic carbocycles. The molecule has 1 fully saturated rings. The van der Waals surface area contributed by atoms with Crippen molar-refractivity contribution in [3.63, 3.8) is 0 Å². The maximum absolute atomic E-state index is 11.2. The van der Waals surface area contributed by atoms with Gasteiger partial charge < -0.3 is 26.1 Å². The number of H-pyrrole nitrogens is 1. The van der Waals surface area contributed by atoms with E-state index in [-0.39, 0.29) is 17.3 Å². The number of anilines is 2. The van der Waals surface area contributed by atoms with Gasteiger partial charge in [0.1, 0.15) is 5.69 Å². The second kappa shape index (κ2) is 4.95. The topological polar surface area (TPSA) is 105 Å². The molecule has 1 aliphatic rings. The van der Waals surface area contributed by atoms with Crippen LogP contribution in [0.2, 0.25) is 0 Å². The lowest BCUT2D eigenvalue weighted by molar-refractivity contribution is 0.0806. The van der Waals surface area contributed by atoms with Gasteiger partial charge in [0, 0.05) is 19.1 Å². The predicted molar refractivity (Wildman–Crippen MR) is 60.4 cm³/mol. The third-order valence-corrected chi connectivity index (χ3v) is 2.40. The Kier molecular flexibility index (Phi) is 3.37. The number of ether oxygens (including phenoxy) is 1. The van der Waals surface area contributed by atoms with Crippen LogP contribution < -0.4 is 21.9 Å². The number of morpholine rings is 1. The molecule has 1 atom stereocenters. The number of nitrogens with zero attached hydrogens (tertiary/aromatic N) is 1. The minimum atomic E-state index is -0.328. The third kappa shape index (κ3) is 2.50. The van der Waals surface area contributed by atoms with Crippen LogP contribution in [0.3, 0.4) is 0 Å². The first-order valence-corrected chi connectivity index (χ1v) is 5.15. The summed E-state index contributed by atoms with van der Waals surface area (Å²) < 4.78 is 5.30. The summed E-state index contributed by atoms with van der Waals surface area (Å²) in [5.41, 5.74) is 5.36. The van der Waals surface area contributed by atoms with Gasteiger partial charge in [-0.05, 0) is 0 Å². The van der Waals surface area contributed by atoms with E-state index in [1.165, 1.54) is 6.33 Å². The van der Waals surface area contributed by atoms with Gasteiger partial charge in [-0.25, -0.2) is 4.98 Å². The summed E-state index contributed by atoms with van der Waals surface area (Å²) in [5, 5.41) is 6.31. The van der Waals surface area contributed by atoms with E-state index in [1.54, 1.807) is 0 Å². The summed E-state index contributed by atoms with van der Waals surface area (Å²) in [6.07, 6.45) is 1.33. The van der Waals surface area contributed by atoms with Crippen molar-refractivity contribution in [2.75, 3.05) is 37.4 Å². The van der Waals surface area contributed by atoms with Gasteiger partial charge in [-0.2, -0.15) is 0 Å². The highest BCUT2D eigenvalue weighted by molar-refractivity contribution is 5.58. The number of nitrogens with one attached hydrogen (secondary N) is 3. The minimum absolute atomic E-state index is 0.110. The Bertz CT molecular complexity index is 399. The quantitative estimate of drug-likeness (QED) is 0.512. The van der Waals surface area contributed by atoms with E-state index in [0.29, 0.717) is 19.0 Å². The number of rotatable bonds is 3. The maximum Gasteiger partial charge on any atom is 0.276 e. The molecule has 1 aromatic heterocycles. The molecule has 0 saturated carbocycles. The number of aromatic amines is 1. The smallest absolute Gasteiger partial charge is 0.276 e. The molecule has 1 aromatic rings. The van der Waals surface area contributed by atoms with E-state index in [4.69, 9.17) is 10.5 Å². The summed E-state index contributed by atoms with van der Waals surface area (Å²) in [7, 11) is 0. The zero-order valence-electron chi connectivity index (χ0n) is 8.82. The fraction of sp³-hybridized carbons (Fsp3) is 0.556. The van der Waals surface area contributed by atoms with Crippen molar-refractivity contribution in [1.82, 2.24) is 15.3 Å². The van der Waals surface area contributed by atoms with Crippen LogP contribution in [0.4, 0.5) is 11.5 Å². The minimum Gasteiger partial charge on any atom is -0.391 e. The molecule has 0 aliphatic carbocycles. The van der Waals surface area contributed by atoms with Gasteiger partial charge in [-0.3, -0.25) is 4.79 Å². The number of nitrogens with two attached hydrogens (primary N) is 1. The van der Waals surface area contributed by atoms with Gasteiger partial charge in [-0.1, -0.05) is 0 Å². The fourth-order valence-electron chi connectivity index (χ4n) is 1.52. The summed E-state index contributed by atoms with van der Waals surface area (Å²) >= 11 is 0. The molecule has 88 valence electrons. The molecule has 7 heteroatoms. The van der Waals surface area contributed by atoms with Crippen LogP contribution in [-0.2, 0) is 4.74 Å². The third-order valence-electron chi connectivity index (χ3n) is 2.40. The van der Waals surface area contributed by atoms with E-state index < -0.39 is 0 Å². The second-order valence-electron chi connectivity index (χ2n) is 3.60. The Morgan fingerprint density at radius 2 is 2.56 bits per heavy atom. The van der Waals surface area contributed by atoms with E-state index in [9.17, 15) is 4.79 Å². The Balaban J connectivity index is 1.93. The van der Waals surface area contributed by atoms with E-state index in [2.05, 4.69) is 20.6 Å². The van der Waals surface area contributed by atoms with Crippen molar-refractivity contribution < 1.29 is 4.74 Å². The molecular weight excluding hydrogens is 210 g/mol. The molecule has 1 aliphatic heterocycles. The molecule has 1 unspecified atom stereocenters. The highest BCUT2D eigenvalue weighted by atomic mass is 16.5. The molecule has 16 heavy (non-hydrogen) atoms. The van der Waals surface area contributed by atoms with Crippen LogP contribution >= 0.6 is 0 Å². The second-order valence-corrected chi connectivity index (χ2v) is 3.60. The largest absolute Gasteiger partial charge is 0.391 e. The van der Waals surface area contributed by atoms with Gasteiger partial charge in [0.15, 0.2) is 5.82 Å². The monoisotopic (exact) mass is 225 g/mol. The van der Waals surface area contributed by atoms with Gasteiger partial charge >= 0.3 is 0 Å². The molecule has 0 bridgehead atoms. The average molecular weight is 225 g/mol. The lowest BCUT2D eigenvalue weighted by Crippen LogP contribution is -2.45. The summed E-state index contributed by atoms with van der Waals surface area (Å²) in [4.78, 5) is 17.6. The molecule has 0 radical (unpaired) electrons. The van der Waals surface area contributed by atoms with E-state index >= 15 is 0 Å². The highest BCUT2D eigenvalue weighted by Crippen LogP contribution is 2.07. The van der Waals surface area contributed by atoms with E-state index in [0.717, 1.165) is 13.2 Å². The summed E-state index contributed by atoms with van der Waals surface area (Å²) in [6.45, 7) is 2.85. The van der Waals surface area contributed by atoms with Crippen molar-refractivity contribution in [2.24, 2.45) is 0 Å². The SMILES string of the molecule is Nc1c(NCC2COCCN2)nc[nH]c1=O. The summed E-state index contributed by atoms with van der Waals surface area (Å²) in [5.74, 6) is 0.413. The van der Waals surface area contributed by atoms with Crippen LogP contribution in [0.1, 0.15) is 0 Å². The Labute approximate surface area is 92.4 Å².